The van der Waals surface area contributed by atoms with Crippen molar-refractivity contribution in [3.05, 3.63) is 47.5 Å². The van der Waals surface area contributed by atoms with E-state index in [2.05, 4.69) is 0 Å². The van der Waals surface area contributed by atoms with Gasteiger partial charge in [-0.3, -0.25) is 9.59 Å². The Morgan fingerprint density at radius 2 is 1.56 bits per heavy atom. The van der Waals surface area contributed by atoms with Gasteiger partial charge in [0.05, 0.1) is 20.8 Å². The zero-order valence-corrected chi connectivity index (χ0v) is 14.4. The molecule has 2 aromatic carbocycles. The van der Waals surface area contributed by atoms with Gasteiger partial charge < -0.3 is 18.9 Å². The fourth-order valence-electron chi connectivity index (χ4n) is 2.22. The van der Waals surface area contributed by atoms with Crippen molar-refractivity contribution in [3.8, 4) is 23.0 Å². The maximum absolute atomic E-state index is 12.4. The zero-order chi connectivity index (χ0) is 18.2. The Labute approximate surface area is 146 Å². The van der Waals surface area contributed by atoms with Crippen molar-refractivity contribution in [1.29, 1.82) is 0 Å². The molecule has 0 aliphatic rings. The number of carbonyl (C=O) groups excluding carboxylic acids is 2. The topological polar surface area (TPSA) is 71.1 Å². The maximum Gasteiger partial charge on any atom is 0.200 e. The number of rotatable bonds is 9. The molecular weight excluding hydrogens is 324 g/mol. The van der Waals surface area contributed by atoms with Crippen LogP contribution >= 0.6 is 0 Å². The molecule has 0 radical (unpaired) electrons. The standard InChI is InChI=1S/C19H20O6/c1-4-24-16-8-6-14(10-19(16)23-3)15(21)12-25-17-7-5-13(11-20)9-18(17)22-2/h5-11H,4,12H2,1-3H3. The molecule has 2 rings (SSSR count). The molecule has 0 heterocycles. The van der Waals surface area contributed by atoms with Crippen LogP contribution in [0.1, 0.15) is 27.6 Å². The molecule has 0 aromatic heterocycles. The summed E-state index contributed by atoms with van der Waals surface area (Å²) < 4.78 is 21.4. The molecule has 0 aliphatic heterocycles. The van der Waals surface area contributed by atoms with Crippen LogP contribution in [0.3, 0.4) is 0 Å². The lowest BCUT2D eigenvalue weighted by molar-refractivity contribution is 0.0918. The van der Waals surface area contributed by atoms with Crippen molar-refractivity contribution in [2.45, 2.75) is 6.92 Å². The summed E-state index contributed by atoms with van der Waals surface area (Å²) in [5.74, 6) is 1.62. The molecule has 0 bridgehead atoms. The normalized spacial score (nSPS) is 10.0. The number of methoxy groups -OCH3 is 2. The minimum absolute atomic E-state index is 0.173. The number of aldehydes is 1. The SMILES string of the molecule is CCOc1ccc(C(=O)COc2ccc(C=O)cc2OC)cc1OC. The smallest absolute Gasteiger partial charge is 0.200 e. The van der Waals surface area contributed by atoms with Gasteiger partial charge in [-0.25, -0.2) is 0 Å². The molecule has 0 aliphatic carbocycles. The first-order valence-electron chi connectivity index (χ1n) is 7.73. The van der Waals surface area contributed by atoms with Crippen LogP contribution < -0.4 is 18.9 Å². The predicted molar refractivity (Wildman–Crippen MR) is 92.4 cm³/mol. The van der Waals surface area contributed by atoms with Crippen molar-refractivity contribution < 1.29 is 28.5 Å². The largest absolute Gasteiger partial charge is 0.493 e. The Balaban J connectivity index is 2.11. The highest BCUT2D eigenvalue weighted by atomic mass is 16.5. The molecule has 0 atom stereocenters. The first-order chi connectivity index (χ1) is 12.1. The molecule has 132 valence electrons. The van der Waals surface area contributed by atoms with E-state index in [9.17, 15) is 9.59 Å². The van der Waals surface area contributed by atoms with E-state index in [-0.39, 0.29) is 12.4 Å². The second kappa shape index (κ2) is 8.73. The lowest BCUT2D eigenvalue weighted by atomic mass is 10.1. The summed E-state index contributed by atoms with van der Waals surface area (Å²) in [6, 6.07) is 9.70. The number of hydrogen-bond acceptors (Lipinski definition) is 6. The summed E-state index contributed by atoms with van der Waals surface area (Å²) in [7, 11) is 2.98. The van der Waals surface area contributed by atoms with Crippen LogP contribution in [0.4, 0.5) is 0 Å². The minimum atomic E-state index is -0.220. The Kier molecular flexibility index (Phi) is 6.39. The zero-order valence-electron chi connectivity index (χ0n) is 14.4. The molecule has 0 N–H and O–H groups in total. The van der Waals surface area contributed by atoms with E-state index in [1.165, 1.54) is 14.2 Å². The van der Waals surface area contributed by atoms with Gasteiger partial charge in [-0.1, -0.05) is 0 Å². The van der Waals surface area contributed by atoms with Crippen LogP contribution in [0.25, 0.3) is 0 Å². The highest BCUT2D eigenvalue weighted by Gasteiger charge is 2.13. The third-order valence-corrected chi connectivity index (χ3v) is 3.47. The number of carbonyl (C=O) groups is 2. The molecule has 2 aromatic rings. The van der Waals surface area contributed by atoms with Gasteiger partial charge in [0.2, 0.25) is 0 Å². The summed E-state index contributed by atoms with van der Waals surface area (Å²) in [5.41, 5.74) is 0.913. The second-order valence-electron chi connectivity index (χ2n) is 5.04. The molecular formula is C19H20O6. The Hall–Kier alpha value is -3.02. The van der Waals surface area contributed by atoms with Crippen LogP contribution in [0.15, 0.2) is 36.4 Å². The van der Waals surface area contributed by atoms with Crippen LogP contribution in [-0.4, -0.2) is 39.5 Å². The van der Waals surface area contributed by atoms with Crippen molar-refractivity contribution in [1.82, 2.24) is 0 Å². The van der Waals surface area contributed by atoms with Crippen LogP contribution in [0, 0.1) is 0 Å². The molecule has 6 nitrogen and oxygen atoms in total. The second-order valence-corrected chi connectivity index (χ2v) is 5.04. The molecule has 0 fully saturated rings. The fraction of sp³-hybridized carbons (Fsp3) is 0.263. The third kappa shape index (κ3) is 4.50. The summed E-state index contributed by atoms with van der Waals surface area (Å²) in [6.07, 6.45) is 0.712. The lowest BCUT2D eigenvalue weighted by Gasteiger charge is -2.12. The van der Waals surface area contributed by atoms with Gasteiger partial charge in [0, 0.05) is 11.1 Å². The number of Topliss-reactive ketones (excluding diaryl/α,β-unsaturated/α-hetero) is 1. The van der Waals surface area contributed by atoms with E-state index in [4.69, 9.17) is 18.9 Å². The van der Waals surface area contributed by atoms with Gasteiger partial charge in [-0.05, 0) is 43.3 Å². The van der Waals surface area contributed by atoms with Crippen LogP contribution in [-0.2, 0) is 0 Å². The van der Waals surface area contributed by atoms with E-state index < -0.39 is 0 Å². The first-order valence-corrected chi connectivity index (χ1v) is 7.73. The van der Waals surface area contributed by atoms with Gasteiger partial charge in [-0.15, -0.1) is 0 Å². The fourth-order valence-corrected chi connectivity index (χ4v) is 2.22. The first kappa shape index (κ1) is 18.3. The molecule has 0 saturated heterocycles. The van der Waals surface area contributed by atoms with E-state index in [1.54, 1.807) is 36.4 Å². The van der Waals surface area contributed by atoms with E-state index in [0.717, 1.165) is 0 Å². The van der Waals surface area contributed by atoms with Crippen molar-refractivity contribution >= 4 is 12.1 Å². The average Bonchev–Trinajstić information content (AvgIpc) is 2.66. The number of ketones is 1. The van der Waals surface area contributed by atoms with Crippen LogP contribution in [0.2, 0.25) is 0 Å². The van der Waals surface area contributed by atoms with Crippen molar-refractivity contribution in [3.63, 3.8) is 0 Å². The highest BCUT2D eigenvalue weighted by Crippen LogP contribution is 2.29. The molecule has 25 heavy (non-hydrogen) atoms. The van der Waals surface area contributed by atoms with Gasteiger partial charge in [0.25, 0.3) is 0 Å². The summed E-state index contributed by atoms with van der Waals surface area (Å²) in [4.78, 5) is 23.2. The average molecular weight is 344 g/mol. The highest BCUT2D eigenvalue weighted by molar-refractivity contribution is 5.97. The quantitative estimate of drug-likeness (QED) is 0.514. The molecule has 0 spiro atoms. The van der Waals surface area contributed by atoms with Gasteiger partial charge >= 0.3 is 0 Å². The minimum Gasteiger partial charge on any atom is -0.493 e. The molecule has 0 unspecified atom stereocenters. The van der Waals surface area contributed by atoms with Gasteiger partial charge in [0.15, 0.2) is 35.4 Å². The maximum atomic E-state index is 12.4. The van der Waals surface area contributed by atoms with E-state index >= 15 is 0 Å². The molecule has 0 saturated carbocycles. The Bertz CT molecular complexity index is 754. The molecule has 0 amide bonds. The van der Waals surface area contributed by atoms with Crippen LogP contribution in [0.5, 0.6) is 23.0 Å². The lowest BCUT2D eigenvalue weighted by Crippen LogP contribution is -2.12. The van der Waals surface area contributed by atoms with Crippen molar-refractivity contribution in [2.24, 2.45) is 0 Å². The Morgan fingerprint density at radius 3 is 2.20 bits per heavy atom. The Morgan fingerprint density at radius 1 is 0.920 bits per heavy atom. The molecule has 6 heteroatoms. The van der Waals surface area contributed by atoms with Gasteiger partial charge in [0.1, 0.15) is 6.29 Å². The number of benzene rings is 2. The van der Waals surface area contributed by atoms with Gasteiger partial charge in [-0.2, -0.15) is 0 Å². The third-order valence-electron chi connectivity index (χ3n) is 3.47. The van der Waals surface area contributed by atoms with Crippen molar-refractivity contribution in [2.75, 3.05) is 27.4 Å². The number of ether oxygens (including phenoxy) is 4. The predicted octanol–water partition coefficient (Wildman–Crippen LogP) is 3.18. The summed E-state index contributed by atoms with van der Waals surface area (Å²) >= 11 is 0. The number of hydrogen-bond donors (Lipinski definition) is 0. The van der Waals surface area contributed by atoms with E-state index in [0.29, 0.717) is 47.0 Å². The summed E-state index contributed by atoms with van der Waals surface area (Å²) in [6.45, 7) is 2.20. The monoisotopic (exact) mass is 344 g/mol. The summed E-state index contributed by atoms with van der Waals surface area (Å²) in [5, 5.41) is 0. The van der Waals surface area contributed by atoms with E-state index in [1.807, 2.05) is 6.92 Å².